The van der Waals surface area contributed by atoms with Crippen molar-refractivity contribution in [1.82, 2.24) is 5.43 Å². The number of nitrogens with one attached hydrogen (secondary N) is 1. The lowest BCUT2D eigenvalue weighted by Crippen LogP contribution is -2.35. The van der Waals surface area contributed by atoms with Gasteiger partial charge >= 0.3 is 0 Å². The zero-order chi connectivity index (χ0) is 17.9. The maximum absolute atomic E-state index is 12.5. The molecular weight excluding hydrogens is 348 g/mol. The summed E-state index contributed by atoms with van der Waals surface area (Å²) in [5, 5.41) is 1.92. The summed E-state index contributed by atoms with van der Waals surface area (Å²) in [7, 11) is 0. The molecule has 3 aromatic rings. The van der Waals surface area contributed by atoms with Crippen LogP contribution in [0.5, 0.6) is 0 Å². The number of amides is 2. The Kier molecular flexibility index (Phi) is 4.33. The highest BCUT2D eigenvalue weighted by molar-refractivity contribution is 7.99. The quantitative estimate of drug-likeness (QED) is 0.565. The molecule has 1 fully saturated rings. The molecule has 1 aromatic heterocycles. The van der Waals surface area contributed by atoms with Crippen LogP contribution in [0, 0.1) is 0 Å². The van der Waals surface area contributed by atoms with Crippen molar-refractivity contribution in [2.75, 3.05) is 5.01 Å². The summed E-state index contributed by atoms with van der Waals surface area (Å²) in [4.78, 5) is 25.8. The standard InChI is InChI=1S/C20H14N2O3S/c23-19-17(20(24)22(21-19)14-7-3-1-4-8-14)13-15-11-12-18(25-15)26-16-9-5-2-6-10-16/h1-13H,(H,21,23)/b17-13-. The molecule has 0 spiro atoms. The Morgan fingerprint density at radius 1 is 0.885 bits per heavy atom. The number of hydrogen-bond acceptors (Lipinski definition) is 4. The van der Waals surface area contributed by atoms with Gasteiger partial charge in [0.15, 0.2) is 5.09 Å². The van der Waals surface area contributed by atoms with Crippen molar-refractivity contribution in [3.63, 3.8) is 0 Å². The summed E-state index contributed by atoms with van der Waals surface area (Å²) in [5.41, 5.74) is 3.21. The number of rotatable bonds is 4. The summed E-state index contributed by atoms with van der Waals surface area (Å²) >= 11 is 1.47. The van der Waals surface area contributed by atoms with E-state index in [-0.39, 0.29) is 5.57 Å². The monoisotopic (exact) mass is 362 g/mol. The maximum atomic E-state index is 12.5. The van der Waals surface area contributed by atoms with Gasteiger partial charge in [-0.3, -0.25) is 15.0 Å². The second-order valence-electron chi connectivity index (χ2n) is 5.55. The molecule has 2 heterocycles. The molecule has 1 aliphatic rings. The topological polar surface area (TPSA) is 62.6 Å². The van der Waals surface area contributed by atoms with Crippen LogP contribution in [0.3, 0.4) is 0 Å². The molecule has 128 valence electrons. The number of hydrazine groups is 1. The molecule has 0 saturated carbocycles. The Hall–Kier alpha value is -3.25. The Labute approximate surface area is 154 Å². The first-order valence-electron chi connectivity index (χ1n) is 7.95. The summed E-state index contributed by atoms with van der Waals surface area (Å²) in [6.45, 7) is 0. The number of para-hydroxylation sites is 1. The predicted molar refractivity (Wildman–Crippen MR) is 99.3 cm³/mol. The van der Waals surface area contributed by atoms with Gasteiger partial charge in [0.25, 0.3) is 11.8 Å². The van der Waals surface area contributed by atoms with Gasteiger partial charge in [0.1, 0.15) is 11.3 Å². The SMILES string of the molecule is O=C1NN(c2ccccc2)C(=O)/C1=C\c1ccc(Sc2ccccc2)o1. The number of furan rings is 1. The summed E-state index contributed by atoms with van der Waals surface area (Å²) in [5.74, 6) is -0.403. The fraction of sp³-hybridized carbons (Fsp3) is 0. The third kappa shape index (κ3) is 3.27. The molecule has 0 atom stereocenters. The van der Waals surface area contributed by atoms with Gasteiger partial charge in [0.05, 0.1) is 5.69 Å². The van der Waals surface area contributed by atoms with E-state index in [1.165, 1.54) is 22.8 Å². The average molecular weight is 362 g/mol. The molecule has 2 aromatic carbocycles. The Morgan fingerprint density at radius 3 is 2.31 bits per heavy atom. The molecule has 6 heteroatoms. The van der Waals surface area contributed by atoms with E-state index in [4.69, 9.17) is 4.42 Å². The normalized spacial score (nSPS) is 15.5. The summed E-state index contributed by atoms with van der Waals surface area (Å²) < 4.78 is 5.72. The van der Waals surface area contributed by atoms with E-state index in [0.717, 1.165) is 4.90 Å². The molecule has 4 rings (SSSR count). The Bertz CT molecular complexity index is 981. The minimum atomic E-state index is -0.451. The number of carbonyl (C=O) groups excluding carboxylic acids is 2. The summed E-state index contributed by atoms with van der Waals surface area (Å²) in [6.07, 6.45) is 1.47. The smallest absolute Gasteiger partial charge is 0.282 e. The first-order valence-corrected chi connectivity index (χ1v) is 8.77. The van der Waals surface area contributed by atoms with Crippen LogP contribution in [0.25, 0.3) is 6.08 Å². The van der Waals surface area contributed by atoms with Crippen molar-refractivity contribution in [3.05, 3.63) is 84.1 Å². The molecule has 26 heavy (non-hydrogen) atoms. The zero-order valence-corrected chi connectivity index (χ0v) is 14.4. The second kappa shape index (κ2) is 6.93. The van der Waals surface area contributed by atoms with Crippen molar-refractivity contribution < 1.29 is 14.0 Å². The van der Waals surface area contributed by atoms with Crippen molar-refractivity contribution >= 4 is 35.3 Å². The van der Waals surface area contributed by atoms with Crippen LogP contribution >= 0.6 is 11.8 Å². The van der Waals surface area contributed by atoms with Crippen LogP contribution in [0.2, 0.25) is 0 Å². The molecule has 1 saturated heterocycles. The molecule has 0 radical (unpaired) electrons. The van der Waals surface area contributed by atoms with E-state index in [1.54, 1.807) is 30.3 Å². The van der Waals surface area contributed by atoms with Crippen molar-refractivity contribution in [2.24, 2.45) is 0 Å². The highest BCUT2D eigenvalue weighted by Crippen LogP contribution is 2.30. The highest BCUT2D eigenvalue weighted by atomic mass is 32.2. The Balaban J connectivity index is 1.55. The van der Waals surface area contributed by atoms with E-state index >= 15 is 0 Å². The first kappa shape index (κ1) is 16.2. The van der Waals surface area contributed by atoms with E-state index in [0.29, 0.717) is 16.5 Å². The van der Waals surface area contributed by atoms with Crippen LogP contribution in [0.4, 0.5) is 5.69 Å². The number of nitrogens with zero attached hydrogens (tertiary/aromatic N) is 1. The number of anilines is 1. The third-order valence-electron chi connectivity index (χ3n) is 3.76. The van der Waals surface area contributed by atoms with Gasteiger partial charge < -0.3 is 4.42 Å². The molecule has 1 aliphatic heterocycles. The van der Waals surface area contributed by atoms with Gasteiger partial charge in [-0.25, -0.2) is 5.01 Å². The summed E-state index contributed by atoms with van der Waals surface area (Å²) in [6, 6.07) is 22.3. The van der Waals surface area contributed by atoms with Crippen molar-refractivity contribution in [2.45, 2.75) is 9.99 Å². The first-order chi connectivity index (χ1) is 12.7. The van der Waals surface area contributed by atoms with E-state index in [1.807, 2.05) is 42.5 Å². The number of benzene rings is 2. The Morgan fingerprint density at radius 2 is 1.58 bits per heavy atom. The molecule has 5 nitrogen and oxygen atoms in total. The maximum Gasteiger partial charge on any atom is 0.282 e. The lowest BCUT2D eigenvalue weighted by atomic mass is 10.2. The largest absolute Gasteiger partial charge is 0.450 e. The van der Waals surface area contributed by atoms with Crippen LogP contribution in [0.1, 0.15) is 5.76 Å². The predicted octanol–water partition coefficient (Wildman–Crippen LogP) is 3.89. The van der Waals surface area contributed by atoms with Crippen LogP contribution < -0.4 is 10.4 Å². The van der Waals surface area contributed by atoms with Gasteiger partial charge in [-0.05, 0) is 42.5 Å². The van der Waals surface area contributed by atoms with Crippen LogP contribution in [-0.4, -0.2) is 11.8 Å². The van der Waals surface area contributed by atoms with E-state index in [9.17, 15) is 9.59 Å². The van der Waals surface area contributed by atoms with E-state index < -0.39 is 11.8 Å². The van der Waals surface area contributed by atoms with E-state index in [2.05, 4.69) is 5.43 Å². The van der Waals surface area contributed by atoms with Crippen molar-refractivity contribution in [1.29, 1.82) is 0 Å². The van der Waals surface area contributed by atoms with Gasteiger partial charge in [0, 0.05) is 4.90 Å². The second-order valence-corrected chi connectivity index (χ2v) is 6.62. The minimum Gasteiger partial charge on any atom is -0.450 e. The number of carbonyl (C=O) groups is 2. The molecule has 0 unspecified atom stereocenters. The van der Waals surface area contributed by atoms with Gasteiger partial charge in [-0.15, -0.1) is 0 Å². The minimum absolute atomic E-state index is 0.0412. The molecule has 0 aliphatic carbocycles. The third-order valence-corrected chi connectivity index (χ3v) is 4.68. The zero-order valence-electron chi connectivity index (χ0n) is 13.6. The number of hydrogen-bond donors (Lipinski definition) is 1. The molecule has 1 N–H and O–H groups in total. The fourth-order valence-electron chi connectivity index (χ4n) is 2.53. The average Bonchev–Trinajstić information content (AvgIpc) is 3.23. The highest BCUT2D eigenvalue weighted by Gasteiger charge is 2.34. The van der Waals surface area contributed by atoms with Gasteiger partial charge in [-0.1, -0.05) is 48.2 Å². The van der Waals surface area contributed by atoms with Crippen LogP contribution in [0.15, 0.2) is 92.8 Å². The van der Waals surface area contributed by atoms with Gasteiger partial charge in [0.2, 0.25) is 0 Å². The molecule has 0 bridgehead atoms. The lowest BCUT2D eigenvalue weighted by Gasteiger charge is -2.13. The lowest BCUT2D eigenvalue weighted by molar-refractivity contribution is -0.117. The molecule has 2 amide bonds. The van der Waals surface area contributed by atoms with Crippen molar-refractivity contribution in [3.8, 4) is 0 Å². The van der Waals surface area contributed by atoms with Gasteiger partial charge in [-0.2, -0.15) is 0 Å². The fourth-order valence-corrected chi connectivity index (χ4v) is 3.33. The molecular formula is C20H14N2O3S. The van der Waals surface area contributed by atoms with Crippen LogP contribution in [-0.2, 0) is 9.59 Å².